The number of methoxy groups -OCH3 is 1. The lowest BCUT2D eigenvalue weighted by molar-refractivity contribution is -0.907. The van der Waals surface area contributed by atoms with Gasteiger partial charge in [0.15, 0.2) is 5.54 Å². The van der Waals surface area contributed by atoms with E-state index in [0.717, 1.165) is 67.2 Å². The van der Waals surface area contributed by atoms with Gasteiger partial charge in [-0.2, -0.15) is 0 Å². The van der Waals surface area contributed by atoms with Crippen molar-refractivity contribution in [2.45, 2.75) is 18.9 Å². The number of carbonyl (C=O) groups excluding carboxylic acids is 2. The molecule has 0 spiro atoms. The van der Waals surface area contributed by atoms with E-state index in [1.165, 1.54) is 4.90 Å². The molecule has 1 aromatic heterocycles. The third-order valence-electron chi connectivity index (χ3n) is 6.99. The van der Waals surface area contributed by atoms with E-state index in [1.807, 2.05) is 25.1 Å². The van der Waals surface area contributed by atoms with Crippen molar-refractivity contribution in [3.8, 4) is 5.75 Å². The molecule has 3 aliphatic rings. The van der Waals surface area contributed by atoms with Gasteiger partial charge in [-0.1, -0.05) is 0 Å². The van der Waals surface area contributed by atoms with E-state index in [2.05, 4.69) is 4.98 Å². The Labute approximate surface area is 175 Å². The second-order valence-electron chi connectivity index (χ2n) is 8.60. The summed E-state index contributed by atoms with van der Waals surface area (Å²) < 4.78 is 10.8. The summed E-state index contributed by atoms with van der Waals surface area (Å²) in [6.07, 6.45) is 0.731. The number of carbonyl (C=O) groups is 2. The average Bonchev–Trinajstić information content (AvgIpc) is 3.15. The molecule has 1 aromatic carbocycles. The summed E-state index contributed by atoms with van der Waals surface area (Å²) >= 11 is 0. The summed E-state index contributed by atoms with van der Waals surface area (Å²) in [7, 11) is 1.65. The van der Waals surface area contributed by atoms with Crippen LogP contribution >= 0.6 is 0 Å². The number of aromatic amines is 1. The maximum absolute atomic E-state index is 13.7. The zero-order chi connectivity index (χ0) is 20.9. The molecule has 160 valence electrons. The molecule has 3 aliphatic heterocycles. The van der Waals surface area contributed by atoms with Gasteiger partial charge < -0.3 is 29.2 Å². The first-order valence-corrected chi connectivity index (χ1v) is 10.7. The fraction of sp³-hybridized carbons (Fsp3) is 0.545. The molecular formula is C22H29N4O4+. The van der Waals surface area contributed by atoms with Crippen molar-refractivity contribution in [2.75, 3.05) is 59.6 Å². The number of piperazine rings is 1. The van der Waals surface area contributed by atoms with Crippen LogP contribution < -0.4 is 9.64 Å². The first kappa shape index (κ1) is 19.4. The lowest BCUT2D eigenvalue weighted by Crippen LogP contribution is -3.14. The van der Waals surface area contributed by atoms with Crippen LogP contribution in [0, 0.1) is 0 Å². The van der Waals surface area contributed by atoms with Crippen LogP contribution in [-0.2, 0) is 26.3 Å². The number of quaternary nitrogens is 1. The Morgan fingerprint density at radius 2 is 2.07 bits per heavy atom. The Morgan fingerprint density at radius 1 is 1.27 bits per heavy atom. The Kier molecular flexibility index (Phi) is 4.71. The first-order valence-electron chi connectivity index (χ1n) is 10.7. The molecule has 2 N–H and O–H groups in total. The number of benzene rings is 1. The largest absolute Gasteiger partial charge is 0.497 e. The summed E-state index contributed by atoms with van der Waals surface area (Å²) in [6.45, 7) is 7.47. The number of ether oxygens (including phenoxy) is 2. The monoisotopic (exact) mass is 413 g/mol. The van der Waals surface area contributed by atoms with Crippen molar-refractivity contribution in [3.05, 3.63) is 29.5 Å². The first-order chi connectivity index (χ1) is 14.5. The molecule has 2 saturated heterocycles. The summed E-state index contributed by atoms with van der Waals surface area (Å²) in [4.78, 5) is 35.2. The van der Waals surface area contributed by atoms with E-state index in [4.69, 9.17) is 9.47 Å². The lowest BCUT2D eigenvalue weighted by Gasteiger charge is -2.49. The van der Waals surface area contributed by atoms with Crippen LogP contribution in [0.2, 0.25) is 0 Å². The van der Waals surface area contributed by atoms with Crippen molar-refractivity contribution in [1.82, 2.24) is 14.8 Å². The van der Waals surface area contributed by atoms with Crippen LogP contribution in [0.5, 0.6) is 5.75 Å². The van der Waals surface area contributed by atoms with Gasteiger partial charge in [-0.15, -0.1) is 0 Å². The van der Waals surface area contributed by atoms with Gasteiger partial charge in [-0.05, 0) is 37.1 Å². The van der Waals surface area contributed by atoms with E-state index < -0.39 is 5.54 Å². The molecule has 0 bridgehead atoms. The van der Waals surface area contributed by atoms with Crippen molar-refractivity contribution < 1.29 is 24.0 Å². The van der Waals surface area contributed by atoms with E-state index in [0.29, 0.717) is 13.1 Å². The molecule has 0 unspecified atom stereocenters. The molecule has 0 radical (unpaired) electrons. The predicted octanol–water partition coefficient (Wildman–Crippen LogP) is -0.466. The number of morpholine rings is 1. The molecule has 2 aromatic rings. The second-order valence-corrected chi connectivity index (χ2v) is 8.60. The van der Waals surface area contributed by atoms with Gasteiger partial charge in [-0.3, -0.25) is 9.59 Å². The second kappa shape index (κ2) is 7.28. The molecule has 2 fully saturated rings. The van der Waals surface area contributed by atoms with Gasteiger partial charge in [0.1, 0.15) is 25.4 Å². The quantitative estimate of drug-likeness (QED) is 0.711. The topological polar surface area (TPSA) is 79.3 Å². The highest BCUT2D eigenvalue weighted by Crippen LogP contribution is 2.42. The zero-order valence-corrected chi connectivity index (χ0v) is 17.6. The Balaban J connectivity index is 1.48. The standard InChI is InChI=1S/C22H28N4O4/c1-22-20-16(17-13-15(29-2)3-4-18(17)23-20)5-6-26(22)19(27)14-25(21(22)28)8-7-24-9-11-30-12-10-24/h3-4,13,23H,5-12,14H2,1-2H3/p+1/t22-/m0/s1. The molecule has 30 heavy (non-hydrogen) atoms. The predicted molar refractivity (Wildman–Crippen MR) is 111 cm³/mol. The van der Waals surface area contributed by atoms with E-state index >= 15 is 0 Å². The van der Waals surface area contributed by atoms with Crippen molar-refractivity contribution in [2.24, 2.45) is 0 Å². The van der Waals surface area contributed by atoms with E-state index in [-0.39, 0.29) is 18.4 Å². The van der Waals surface area contributed by atoms with Gasteiger partial charge in [0.05, 0.1) is 39.1 Å². The van der Waals surface area contributed by atoms with Gasteiger partial charge in [0, 0.05) is 17.4 Å². The molecule has 0 aliphatic carbocycles. The maximum atomic E-state index is 13.7. The highest BCUT2D eigenvalue weighted by atomic mass is 16.5. The maximum Gasteiger partial charge on any atom is 0.255 e. The number of rotatable bonds is 4. The van der Waals surface area contributed by atoms with Crippen molar-refractivity contribution in [1.29, 1.82) is 0 Å². The average molecular weight is 413 g/mol. The van der Waals surface area contributed by atoms with Gasteiger partial charge >= 0.3 is 0 Å². The fourth-order valence-electron chi connectivity index (χ4n) is 5.22. The number of nitrogens with one attached hydrogen (secondary N) is 2. The minimum Gasteiger partial charge on any atom is -0.497 e. The summed E-state index contributed by atoms with van der Waals surface area (Å²) in [5, 5.41) is 1.07. The van der Waals surface area contributed by atoms with Gasteiger partial charge in [0.2, 0.25) is 5.91 Å². The molecule has 0 saturated carbocycles. The number of amides is 2. The highest BCUT2D eigenvalue weighted by molar-refractivity contribution is 6.00. The molecule has 2 amide bonds. The summed E-state index contributed by atoms with van der Waals surface area (Å²) in [5.74, 6) is 0.822. The summed E-state index contributed by atoms with van der Waals surface area (Å²) in [6, 6.07) is 5.91. The third kappa shape index (κ3) is 2.89. The molecule has 8 heteroatoms. The zero-order valence-electron chi connectivity index (χ0n) is 17.6. The van der Waals surface area contributed by atoms with Gasteiger partial charge in [-0.25, -0.2) is 0 Å². The van der Waals surface area contributed by atoms with Crippen molar-refractivity contribution >= 4 is 22.7 Å². The van der Waals surface area contributed by atoms with Crippen LogP contribution in [0.1, 0.15) is 18.2 Å². The third-order valence-corrected chi connectivity index (χ3v) is 6.99. The lowest BCUT2D eigenvalue weighted by atomic mass is 9.83. The van der Waals surface area contributed by atoms with Crippen LogP contribution in [0.15, 0.2) is 18.2 Å². The molecule has 5 rings (SSSR count). The number of nitrogens with zero attached hydrogens (tertiary/aromatic N) is 2. The Bertz CT molecular complexity index is 996. The minimum absolute atomic E-state index is 0.00855. The molecule has 4 heterocycles. The molecule has 8 nitrogen and oxygen atoms in total. The number of fused-ring (bicyclic) bond motifs is 5. The number of H-pyrrole nitrogens is 1. The Hall–Kier alpha value is -2.58. The number of hydrogen-bond donors (Lipinski definition) is 2. The van der Waals surface area contributed by atoms with Gasteiger partial charge in [0.25, 0.3) is 5.91 Å². The minimum atomic E-state index is -0.991. The molecule has 1 atom stereocenters. The van der Waals surface area contributed by atoms with E-state index in [1.54, 1.807) is 16.9 Å². The smallest absolute Gasteiger partial charge is 0.255 e. The Morgan fingerprint density at radius 3 is 2.83 bits per heavy atom. The SMILES string of the molecule is COc1ccc2[nH]c3c(c2c1)CCN1C(=O)CN(CC[NH+]2CCOCC2)C(=O)[C@]31C. The van der Waals surface area contributed by atoms with Crippen LogP contribution in [-0.4, -0.2) is 86.2 Å². The fourth-order valence-corrected chi connectivity index (χ4v) is 5.22. The van der Waals surface area contributed by atoms with Crippen LogP contribution in [0.3, 0.4) is 0 Å². The van der Waals surface area contributed by atoms with E-state index in [9.17, 15) is 9.59 Å². The highest BCUT2D eigenvalue weighted by Gasteiger charge is 2.54. The summed E-state index contributed by atoms with van der Waals surface area (Å²) in [5.41, 5.74) is 1.94. The normalized spacial score (nSPS) is 24.9. The number of aromatic nitrogens is 1. The van der Waals surface area contributed by atoms with Crippen LogP contribution in [0.25, 0.3) is 10.9 Å². The number of hydrogen-bond acceptors (Lipinski definition) is 4. The van der Waals surface area contributed by atoms with Crippen LogP contribution in [0.4, 0.5) is 0 Å². The van der Waals surface area contributed by atoms with Crippen molar-refractivity contribution in [3.63, 3.8) is 0 Å². The molecular weight excluding hydrogens is 384 g/mol.